The average molecular weight is 274 g/mol. The maximum absolute atomic E-state index is 11.2. The van der Waals surface area contributed by atoms with Crippen molar-refractivity contribution in [2.45, 2.75) is 44.6 Å². The Kier molecular flexibility index (Phi) is 3.55. The molecule has 4 nitrogen and oxygen atoms in total. The predicted octanol–water partition coefficient (Wildman–Crippen LogP) is 3.13. The van der Waals surface area contributed by atoms with E-state index in [9.17, 15) is 9.90 Å². The molecule has 1 aromatic carbocycles. The van der Waals surface area contributed by atoms with Gasteiger partial charge in [0.25, 0.3) is 0 Å². The largest absolute Gasteiger partial charge is 0.478 e. The van der Waals surface area contributed by atoms with Crippen molar-refractivity contribution in [1.29, 1.82) is 0 Å². The van der Waals surface area contributed by atoms with E-state index in [0.717, 1.165) is 18.2 Å². The van der Waals surface area contributed by atoms with E-state index in [0.29, 0.717) is 11.7 Å². The molecule has 1 saturated carbocycles. The molecule has 0 aromatic heterocycles. The highest BCUT2D eigenvalue weighted by Gasteiger charge is 2.34. The molecule has 2 aliphatic rings. The molecule has 4 heteroatoms. The molecule has 3 N–H and O–H groups in total. The van der Waals surface area contributed by atoms with Crippen LogP contribution in [0.1, 0.15) is 48.9 Å². The summed E-state index contributed by atoms with van der Waals surface area (Å²) in [6, 6.07) is 5.90. The molecule has 0 radical (unpaired) electrons. The van der Waals surface area contributed by atoms with E-state index in [1.165, 1.54) is 38.5 Å². The molecule has 1 aliphatic heterocycles. The molecule has 1 unspecified atom stereocenters. The first-order valence-corrected chi connectivity index (χ1v) is 7.57. The fourth-order valence-corrected chi connectivity index (χ4v) is 3.91. The number of nitrogens with zero attached hydrogens (tertiary/aromatic N) is 1. The first kappa shape index (κ1) is 13.3. The molecule has 1 atom stereocenters. The van der Waals surface area contributed by atoms with Crippen LogP contribution in [0.5, 0.6) is 0 Å². The normalized spacial score (nSPS) is 23.4. The molecule has 1 saturated heterocycles. The van der Waals surface area contributed by atoms with Gasteiger partial charge in [-0.25, -0.2) is 4.79 Å². The number of carboxylic acids is 1. The van der Waals surface area contributed by atoms with Gasteiger partial charge in [0, 0.05) is 12.6 Å². The van der Waals surface area contributed by atoms with Crippen molar-refractivity contribution < 1.29 is 9.90 Å². The first-order valence-electron chi connectivity index (χ1n) is 7.57. The number of rotatable bonds is 3. The molecule has 3 rings (SSSR count). The van der Waals surface area contributed by atoms with Gasteiger partial charge in [-0.1, -0.05) is 18.9 Å². The molecule has 1 aliphatic carbocycles. The van der Waals surface area contributed by atoms with Gasteiger partial charge in [0.15, 0.2) is 0 Å². The van der Waals surface area contributed by atoms with Crippen LogP contribution in [0, 0.1) is 5.92 Å². The maximum atomic E-state index is 11.2. The number of carboxylic acid groups (broad SMARTS) is 1. The Bertz CT molecular complexity index is 509. The van der Waals surface area contributed by atoms with Crippen LogP contribution in [-0.2, 0) is 0 Å². The Hall–Kier alpha value is -1.71. The predicted molar refractivity (Wildman–Crippen MR) is 80.1 cm³/mol. The summed E-state index contributed by atoms with van der Waals surface area (Å²) in [6.45, 7) is 0.994. The minimum atomic E-state index is -0.944. The van der Waals surface area contributed by atoms with Crippen LogP contribution >= 0.6 is 0 Å². The Morgan fingerprint density at radius 2 is 1.95 bits per heavy atom. The van der Waals surface area contributed by atoms with Crippen LogP contribution < -0.4 is 10.6 Å². The van der Waals surface area contributed by atoms with Crippen molar-refractivity contribution >= 4 is 17.3 Å². The summed E-state index contributed by atoms with van der Waals surface area (Å²) in [5.41, 5.74) is 7.66. The second-order valence-corrected chi connectivity index (χ2v) is 5.99. The van der Waals surface area contributed by atoms with Gasteiger partial charge in [-0.15, -0.1) is 0 Å². The summed E-state index contributed by atoms with van der Waals surface area (Å²) in [5, 5.41) is 9.21. The van der Waals surface area contributed by atoms with Gasteiger partial charge >= 0.3 is 5.97 Å². The van der Waals surface area contributed by atoms with E-state index in [1.54, 1.807) is 12.1 Å². The Labute approximate surface area is 119 Å². The van der Waals surface area contributed by atoms with Crippen molar-refractivity contribution in [2.75, 3.05) is 17.2 Å². The van der Waals surface area contributed by atoms with E-state index in [2.05, 4.69) is 4.90 Å². The molecular formula is C16H22N2O2. The summed E-state index contributed by atoms with van der Waals surface area (Å²) in [5.74, 6) is -0.189. The monoisotopic (exact) mass is 274 g/mol. The third kappa shape index (κ3) is 2.23. The average Bonchev–Trinajstić information content (AvgIpc) is 3.09. The fraction of sp³-hybridized carbons (Fsp3) is 0.562. The third-order valence-corrected chi connectivity index (χ3v) is 4.87. The summed E-state index contributed by atoms with van der Waals surface area (Å²) >= 11 is 0. The van der Waals surface area contributed by atoms with Crippen LogP contribution in [-0.4, -0.2) is 23.7 Å². The number of hydrogen-bond donors (Lipinski definition) is 2. The standard InChI is InChI=1S/C16H22N2O2/c17-15-12(16(19)20)7-3-8-14(15)18-10-4-9-13(18)11-5-1-2-6-11/h3,7-8,11,13H,1-2,4-6,9-10,17H2,(H,19,20). The van der Waals surface area contributed by atoms with Crippen LogP contribution in [0.15, 0.2) is 18.2 Å². The number of hydrogen-bond acceptors (Lipinski definition) is 3. The zero-order valence-corrected chi connectivity index (χ0v) is 11.7. The van der Waals surface area contributed by atoms with Crippen LogP contribution in [0.2, 0.25) is 0 Å². The van der Waals surface area contributed by atoms with E-state index < -0.39 is 5.97 Å². The lowest BCUT2D eigenvalue weighted by molar-refractivity contribution is 0.0698. The SMILES string of the molecule is Nc1c(C(=O)O)cccc1N1CCCC1C1CCCC1. The zero-order chi connectivity index (χ0) is 14.1. The highest BCUT2D eigenvalue weighted by molar-refractivity contribution is 5.97. The molecule has 0 bridgehead atoms. The van der Waals surface area contributed by atoms with E-state index in [4.69, 9.17) is 5.73 Å². The van der Waals surface area contributed by atoms with E-state index in [-0.39, 0.29) is 5.56 Å². The van der Waals surface area contributed by atoms with Crippen molar-refractivity contribution in [3.63, 3.8) is 0 Å². The van der Waals surface area contributed by atoms with Crippen molar-refractivity contribution in [2.24, 2.45) is 5.92 Å². The molecule has 20 heavy (non-hydrogen) atoms. The lowest BCUT2D eigenvalue weighted by Crippen LogP contribution is -2.35. The second kappa shape index (κ2) is 5.35. The maximum Gasteiger partial charge on any atom is 0.337 e. The number of para-hydroxylation sites is 1. The van der Waals surface area contributed by atoms with Gasteiger partial charge < -0.3 is 15.7 Å². The minimum Gasteiger partial charge on any atom is -0.478 e. The lowest BCUT2D eigenvalue weighted by atomic mass is 9.95. The van der Waals surface area contributed by atoms with E-state index in [1.807, 2.05) is 6.07 Å². The van der Waals surface area contributed by atoms with Crippen LogP contribution in [0.3, 0.4) is 0 Å². The fourth-order valence-electron chi connectivity index (χ4n) is 3.91. The smallest absolute Gasteiger partial charge is 0.337 e. The van der Waals surface area contributed by atoms with Crippen LogP contribution in [0.25, 0.3) is 0 Å². The number of carbonyl (C=O) groups is 1. The third-order valence-electron chi connectivity index (χ3n) is 4.87. The lowest BCUT2D eigenvalue weighted by Gasteiger charge is -2.32. The van der Waals surface area contributed by atoms with Crippen molar-refractivity contribution in [3.8, 4) is 0 Å². The summed E-state index contributed by atoms with van der Waals surface area (Å²) < 4.78 is 0. The van der Waals surface area contributed by atoms with Crippen molar-refractivity contribution in [3.05, 3.63) is 23.8 Å². The summed E-state index contributed by atoms with van der Waals surface area (Å²) in [6.07, 6.45) is 7.66. The number of anilines is 2. The highest BCUT2D eigenvalue weighted by atomic mass is 16.4. The molecular weight excluding hydrogens is 252 g/mol. The molecule has 1 aromatic rings. The van der Waals surface area contributed by atoms with Gasteiger partial charge in [-0.3, -0.25) is 0 Å². The van der Waals surface area contributed by atoms with Gasteiger partial charge in [0.2, 0.25) is 0 Å². The van der Waals surface area contributed by atoms with Crippen LogP contribution in [0.4, 0.5) is 11.4 Å². The van der Waals surface area contributed by atoms with Gasteiger partial charge in [-0.2, -0.15) is 0 Å². The van der Waals surface area contributed by atoms with Gasteiger partial charge in [-0.05, 0) is 43.7 Å². The zero-order valence-electron chi connectivity index (χ0n) is 11.7. The summed E-state index contributed by atoms with van der Waals surface area (Å²) in [4.78, 5) is 13.6. The second-order valence-electron chi connectivity index (χ2n) is 5.99. The molecule has 2 fully saturated rings. The molecule has 108 valence electrons. The first-order chi connectivity index (χ1) is 9.68. The Morgan fingerprint density at radius 3 is 2.65 bits per heavy atom. The molecule has 0 amide bonds. The highest BCUT2D eigenvalue weighted by Crippen LogP contribution is 2.40. The van der Waals surface area contributed by atoms with Gasteiger partial charge in [0.05, 0.1) is 16.9 Å². The molecule has 0 spiro atoms. The number of nitrogen functional groups attached to an aromatic ring is 1. The number of benzene rings is 1. The topological polar surface area (TPSA) is 66.6 Å². The van der Waals surface area contributed by atoms with E-state index >= 15 is 0 Å². The van der Waals surface area contributed by atoms with Gasteiger partial charge in [0.1, 0.15) is 0 Å². The number of aromatic carboxylic acids is 1. The summed E-state index contributed by atoms with van der Waals surface area (Å²) in [7, 11) is 0. The van der Waals surface area contributed by atoms with Crippen molar-refractivity contribution in [1.82, 2.24) is 0 Å². The Balaban J connectivity index is 1.91. The Morgan fingerprint density at radius 1 is 1.20 bits per heavy atom. The quantitative estimate of drug-likeness (QED) is 0.831. The number of nitrogens with two attached hydrogens (primary N) is 1. The minimum absolute atomic E-state index is 0.222. The molecule has 1 heterocycles.